The smallest absolute Gasteiger partial charge is 0.253 e. The molecule has 0 aliphatic carbocycles. The highest BCUT2D eigenvalue weighted by Gasteiger charge is 2.31. The van der Waals surface area contributed by atoms with Gasteiger partial charge in [0.15, 0.2) is 0 Å². The maximum Gasteiger partial charge on any atom is 0.253 e. The van der Waals surface area contributed by atoms with Crippen molar-refractivity contribution in [3.63, 3.8) is 0 Å². The zero-order chi connectivity index (χ0) is 17.2. The number of rotatable bonds is 2. The highest BCUT2D eigenvalue weighted by atomic mass is 35.5. The first-order valence-corrected chi connectivity index (χ1v) is 8.65. The van der Waals surface area contributed by atoms with E-state index in [0.717, 1.165) is 23.4 Å². The van der Waals surface area contributed by atoms with Crippen molar-refractivity contribution in [2.45, 2.75) is 6.04 Å². The van der Waals surface area contributed by atoms with Gasteiger partial charge in [0.05, 0.1) is 11.6 Å². The molecule has 1 amide bonds. The van der Waals surface area contributed by atoms with Gasteiger partial charge < -0.3 is 15.0 Å². The van der Waals surface area contributed by atoms with Crippen LogP contribution in [-0.2, 0) is 4.79 Å². The summed E-state index contributed by atoms with van der Waals surface area (Å²) in [7, 11) is 0. The van der Waals surface area contributed by atoms with E-state index in [1.807, 2.05) is 41.4 Å². The van der Waals surface area contributed by atoms with Gasteiger partial charge >= 0.3 is 0 Å². The number of amides is 1. The Morgan fingerprint density at radius 1 is 1.35 bits per heavy atom. The van der Waals surface area contributed by atoms with Crippen LogP contribution in [0.2, 0.25) is 5.02 Å². The van der Waals surface area contributed by atoms with Gasteiger partial charge in [-0.25, -0.2) is 0 Å². The summed E-state index contributed by atoms with van der Waals surface area (Å²) in [6.45, 7) is 2.42. The van der Waals surface area contributed by atoms with E-state index in [-0.39, 0.29) is 31.0 Å². The molecule has 2 aliphatic rings. The predicted octanol–water partition coefficient (Wildman–Crippen LogP) is 3.11. The van der Waals surface area contributed by atoms with E-state index < -0.39 is 0 Å². The van der Waals surface area contributed by atoms with Crippen molar-refractivity contribution in [2.24, 2.45) is 0 Å². The molecule has 0 radical (unpaired) electrons. The van der Waals surface area contributed by atoms with Crippen molar-refractivity contribution in [3.8, 4) is 5.75 Å². The summed E-state index contributed by atoms with van der Waals surface area (Å²) in [6, 6.07) is 9.31. The standard InChI is InChI=1S/C19H18ClN3O2.ClH/c20-16-3-4-18-14(9-16)8-15(12-25-18)19(24)23-7-6-22-11-17(23)13-2-1-5-21-10-13;/h1-5,8-10,17,22H,6-7,11-12H2;1H. The van der Waals surface area contributed by atoms with Gasteiger partial charge in [-0.3, -0.25) is 9.78 Å². The first kappa shape index (κ1) is 18.7. The van der Waals surface area contributed by atoms with Crippen LogP contribution >= 0.6 is 24.0 Å². The van der Waals surface area contributed by atoms with Gasteiger partial charge in [0.1, 0.15) is 12.4 Å². The van der Waals surface area contributed by atoms with Crippen molar-refractivity contribution in [3.05, 3.63) is 64.4 Å². The SMILES string of the molecule is Cl.O=C(C1=Cc2cc(Cl)ccc2OC1)N1CCNCC1c1cccnc1. The molecule has 5 nitrogen and oxygen atoms in total. The van der Waals surface area contributed by atoms with Crippen LogP contribution < -0.4 is 10.1 Å². The molecular weight excluding hydrogens is 373 g/mol. The molecule has 0 spiro atoms. The number of benzene rings is 1. The number of ether oxygens (including phenoxy) is 1. The maximum absolute atomic E-state index is 13.1. The Kier molecular flexibility index (Phi) is 5.81. The first-order chi connectivity index (χ1) is 12.2. The van der Waals surface area contributed by atoms with E-state index in [0.29, 0.717) is 23.7 Å². The number of fused-ring (bicyclic) bond motifs is 1. The van der Waals surface area contributed by atoms with Crippen LogP contribution in [0.3, 0.4) is 0 Å². The average Bonchev–Trinajstić information content (AvgIpc) is 2.67. The number of nitrogens with one attached hydrogen (secondary N) is 1. The highest BCUT2D eigenvalue weighted by Crippen LogP contribution is 2.31. The summed E-state index contributed by atoms with van der Waals surface area (Å²) in [5.41, 5.74) is 2.52. The number of pyridine rings is 1. The summed E-state index contributed by atoms with van der Waals surface area (Å²) >= 11 is 6.06. The van der Waals surface area contributed by atoms with E-state index >= 15 is 0 Å². The van der Waals surface area contributed by atoms with E-state index in [1.54, 1.807) is 12.3 Å². The molecule has 1 aromatic carbocycles. The number of aromatic nitrogens is 1. The van der Waals surface area contributed by atoms with Crippen molar-refractivity contribution in [1.82, 2.24) is 15.2 Å². The minimum Gasteiger partial charge on any atom is -0.488 e. The third-order valence-electron chi connectivity index (χ3n) is 4.53. The van der Waals surface area contributed by atoms with Crippen molar-refractivity contribution >= 4 is 36.0 Å². The Labute approximate surface area is 163 Å². The lowest BCUT2D eigenvalue weighted by molar-refractivity contribution is -0.130. The summed E-state index contributed by atoms with van der Waals surface area (Å²) in [6.07, 6.45) is 5.44. The lowest BCUT2D eigenvalue weighted by atomic mass is 10.0. The number of hydrogen-bond acceptors (Lipinski definition) is 4. The van der Waals surface area contributed by atoms with Gasteiger partial charge in [0, 0.05) is 42.6 Å². The van der Waals surface area contributed by atoms with Gasteiger partial charge in [0.2, 0.25) is 0 Å². The Morgan fingerprint density at radius 3 is 3.04 bits per heavy atom. The molecule has 1 fully saturated rings. The molecule has 1 atom stereocenters. The molecule has 7 heteroatoms. The zero-order valence-corrected chi connectivity index (χ0v) is 15.6. The molecule has 3 heterocycles. The number of nitrogens with zero attached hydrogens (tertiary/aromatic N) is 2. The average molecular weight is 392 g/mol. The number of carbonyl (C=O) groups excluding carboxylic acids is 1. The topological polar surface area (TPSA) is 54.5 Å². The van der Waals surface area contributed by atoms with E-state index in [9.17, 15) is 4.79 Å². The van der Waals surface area contributed by atoms with E-state index in [2.05, 4.69) is 10.3 Å². The molecule has 2 aliphatic heterocycles. The highest BCUT2D eigenvalue weighted by molar-refractivity contribution is 6.30. The fourth-order valence-electron chi connectivity index (χ4n) is 3.27. The minimum atomic E-state index is -0.0309. The molecule has 1 saturated heterocycles. The number of carbonyl (C=O) groups is 1. The quantitative estimate of drug-likeness (QED) is 0.854. The second-order valence-electron chi connectivity index (χ2n) is 6.15. The second kappa shape index (κ2) is 8.08. The Morgan fingerprint density at radius 2 is 2.23 bits per heavy atom. The molecule has 26 heavy (non-hydrogen) atoms. The fourth-order valence-corrected chi connectivity index (χ4v) is 3.46. The molecular formula is C19H19Cl2N3O2. The molecule has 1 aromatic heterocycles. The molecule has 0 bridgehead atoms. The van der Waals surface area contributed by atoms with Crippen LogP contribution in [0.5, 0.6) is 5.75 Å². The number of piperazine rings is 1. The first-order valence-electron chi connectivity index (χ1n) is 8.27. The van der Waals surface area contributed by atoms with Crippen molar-refractivity contribution in [2.75, 3.05) is 26.2 Å². The van der Waals surface area contributed by atoms with E-state index in [1.165, 1.54) is 0 Å². The van der Waals surface area contributed by atoms with Gasteiger partial charge in [0.25, 0.3) is 5.91 Å². The summed E-state index contributed by atoms with van der Waals surface area (Å²) in [5.74, 6) is 0.756. The molecule has 4 rings (SSSR count). The molecule has 1 N–H and O–H groups in total. The van der Waals surface area contributed by atoms with Crippen LogP contribution in [-0.4, -0.2) is 42.0 Å². The van der Waals surface area contributed by atoms with Crippen LogP contribution in [0.1, 0.15) is 17.2 Å². The molecule has 1 unspecified atom stereocenters. The third-order valence-corrected chi connectivity index (χ3v) is 4.77. The maximum atomic E-state index is 13.1. The molecule has 0 saturated carbocycles. The monoisotopic (exact) mass is 391 g/mol. The second-order valence-corrected chi connectivity index (χ2v) is 6.58. The lowest BCUT2D eigenvalue weighted by Gasteiger charge is -2.37. The lowest BCUT2D eigenvalue weighted by Crippen LogP contribution is -2.49. The summed E-state index contributed by atoms with van der Waals surface area (Å²) < 4.78 is 5.74. The van der Waals surface area contributed by atoms with Crippen LogP contribution in [0, 0.1) is 0 Å². The summed E-state index contributed by atoms with van der Waals surface area (Å²) in [4.78, 5) is 19.2. The van der Waals surface area contributed by atoms with Gasteiger partial charge in [-0.15, -0.1) is 12.4 Å². The van der Waals surface area contributed by atoms with Crippen LogP contribution in [0.15, 0.2) is 48.3 Å². The summed E-state index contributed by atoms with van der Waals surface area (Å²) in [5, 5.41) is 3.98. The van der Waals surface area contributed by atoms with Gasteiger partial charge in [-0.05, 0) is 35.9 Å². The Hall–Kier alpha value is -2.08. The van der Waals surface area contributed by atoms with Crippen molar-refractivity contribution < 1.29 is 9.53 Å². The van der Waals surface area contributed by atoms with Gasteiger partial charge in [-0.1, -0.05) is 17.7 Å². The Balaban J connectivity index is 0.00000196. The van der Waals surface area contributed by atoms with Gasteiger partial charge in [-0.2, -0.15) is 0 Å². The Bertz CT molecular complexity index is 827. The molecule has 2 aromatic rings. The predicted molar refractivity (Wildman–Crippen MR) is 104 cm³/mol. The fraction of sp³-hybridized carbons (Fsp3) is 0.263. The number of halogens is 2. The van der Waals surface area contributed by atoms with Crippen molar-refractivity contribution in [1.29, 1.82) is 0 Å². The largest absolute Gasteiger partial charge is 0.488 e. The van der Waals surface area contributed by atoms with Crippen LogP contribution in [0.4, 0.5) is 0 Å². The van der Waals surface area contributed by atoms with E-state index in [4.69, 9.17) is 16.3 Å². The minimum absolute atomic E-state index is 0. The number of hydrogen-bond donors (Lipinski definition) is 1. The normalized spacial score (nSPS) is 18.9. The zero-order valence-electron chi connectivity index (χ0n) is 14.0. The molecule has 136 valence electrons. The third kappa shape index (κ3) is 3.70. The van der Waals surface area contributed by atoms with Crippen LogP contribution in [0.25, 0.3) is 6.08 Å².